The Bertz CT molecular complexity index is 1280. The van der Waals surface area contributed by atoms with Crippen LogP contribution in [0.4, 0.5) is 22.0 Å². The molecule has 1 saturated carbocycles. The second-order valence-electron chi connectivity index (χ2n) is 8.19. The van der Waals surface area contributed by atoms with E-state index in [1.165, 1.54) is 4.90 Å². The van der Waals surface area contributed by atoms with Gasteiger partial charge < -0.3 is 20.9 Å². The number of hydrogen-bond acceptors (Lipinski definition) is 7. The van der Waals surface area contributed by atoms with Crippen molar-refractivity contribution in [3.8, 4) is 23.1 Å². The molecular weight excluding hydrogens is 408 g/mol. The van der Waals surface area contributed by atoms with E-state index in [-0.39, 0.29) is 12.0 Å². The van der Waals surface area contributed by atoms with Gasteiger partial charge >= 0.3 is 6.09 Å². The van der Waals surface area contributed by atoms with E-state index in [4.69, 9.17) is 15.7 Å². The number of anilines is 3. The predicted octanol–water partition coefficient (Wildman–Crippen LogP) is 3.78. The minimum Gasteiger partial charge on any atom is -0.474 e. The number of nitrogens with two attached hydrogens (primary N) is 1. The minimum atomic E-state index is -1.08. The highest BCUT2D eigenvalue weighted by atomic mass is 16.5. The highest BCUT2D eigenvalue weighted by Gasteiger charge is 2.37. The van der Waals surface area contributed by atoms with Gasteiger partial charge in [-0.15, -0.1) is 0 Å². The number of aromatic nitrogens is 2. The molecule has 9 nitrogen and oxygen atoms in total. The van der Waals surface area contributed by atoms with Gasteiger partial charge in [0.05, 0.1) is 12.0 Å². The molecule has 0 radical (unpaired) electrons. The minimum absolute atomic E-state index is 0.110. The molecule has 0 saturated heterocycles. The van der Waals surface area contributed by atoms with Gasteiger partial charge in [-0.25, -0.2) is 14.8 Å². The Hall–Kier alpha value is -4.06. The van der Waals surface area contributed by atoms with Crippen molar-refractivity contribution in [2.24, 2.45) is 5.92 Å². The maximum Gasteiger partial charge on any atom is 0.413 e. The maximum absolute atomic E-state index is 12.0. The standard InChI is InChI=1S/C23H22N6O3/c1-12-17(10-28-22-21(12)26-2-3-32-22)14-6-15-8-20(27-11-18(15)19(25)7-14)29(23(30)31)16-4-13(5-16)9-24/h6-8,10-11,13,16,26H,2-5,25H2,1H3,(H,30,31). The first-order valence-electron chi connectivity index (χ1n) is 10.4. The molecule has 1 fully saturated rings. The molecule has 2 aliphatic rings. The largest absolute Gasteiger partial charge is 0.474 e. The third-order valence-corrected chi connectivity index (χ3v) is 6.23. The second-order valence-corrected chi connectivity index (χ2v) is 8.19. The molecule has 5 rings (SSSR count). The van der Waals surface area contributed by atoms with E-state index in [1.54, 1.807) is 18.5 Å². The number of nitrogens with zero attached hydrogens (tertiary/aromatic N) is 4. The first-order valence-corrected chi connectivity index (χ1v) is 10.4. The number of nitrogens with one attached hydrogen (secondary N) is 1. The third kappa shape index (κ3) is 3.21. The van der Waals surface area contributed by atoms with E-state index in [0.717, 1.165) is 33.2 Å². The molecule has 3 heterocycles. The summed E-state index contributed by atoms with van der Waals surface area (Å²) >= 11 is 0. The molecule has 1 aliphatic carbocycles. The maximum atomic E-state index is 12.0. The van der Waals surface area contributed by atoms with Crippen LogP contribution >= 0.6 is 0 Å². The number of pyridine rings is 2. The fourth-order valence-corrected chi connectivity index (χ4v) is 4.42. The van der Waals surface area contributed by atoms with Crippen LogP contribution in [0.25, 0.3) is 21.9 Å². The van der Waals surface area contributed by atoms with Crippen LogP contribution in [0, 0.1) is 24.2 Å². The highest BCUT2D eigenvalue weighted by Crippen LogP contribution is 2.39. The van der Waals surface area contributed by atoms with Crippen LogP contribution < -0.4 is 20.7 Å². The van der Waals surface area contributed by atoms with Gasteiger partial charge in [0, 0.05) is 41.6 Å². The monoisotopic (exact) mass is 430 g/mol. The van der Waals surface area contributed by atoms with Crippen molar-refractivity contribution in [3.63, 3.8) is 0 Å². The van der Waals surface area contributed by atoms with E-state index in [2.05, 4.69) is 21.4 Å². The van der Waals surface area contributed by atoms with Crippen molar-refractivity contribution in [2.75, 3.05) is 29.1 Å². The molecular formula is C23H22N6O3. The number of hydrogen-bond donors (Lipinski definition) is 3. The van der Waals surface area contributed by atoms with Crippen LogP contribution in [-0.2, 0) is 0 Å². The van der Waals surface area contributed by atoms with Crippen LogP contribution in [0.5, 0.6) is 5.88 Å². The molecule has 1 aromatic carbocycles. The summed E-state index contributed by atoms with van der Waals surface area (Å²) < 4.78 is 5.62. The Labute approximate surface area is 184 Å². The number of ether oxygens (including phenoxy) is 1. The van der Waals surface area contributed by atoms with E-state index < -0.39 is 6.09 Å². The van der Waals surface area contributed by atoms with Crippen LogP contribution in [0.15, 0.2) is 30.6 Å². The molecule has 0 bridgehead atoms. The lowest BCUT2D eigenvalue weighted by Crippen LogP contribution is -2.47. The smallest absolute Gasteiger partial charge is 0.413 e. The molecule has 3 aromatic rings. The number of carboxylic acid groups (broad SMARTS) is 1. The lowest BCUT2D eigenvalue weighted by Gasteiger charge is -2.37. The second kappa shape index (κ2) is 7.57. The van der Waals surface area contributed by atoms with Crippen molar-refractivity contribution < 1.29 is 14.6 Å². The van der Waals surface area contributed by atoms with E-state index in [0.29, 0.717) is 43.4 Å². The Morgan fingerprint density at radius 2 is 2.12 bits per heavy atom. The molecule has 1 amide bonds. The summed E-state index contributed by atoms with van der Waals surface area (Å²) in [6.45, 7) is 3.30. The molecule has 1 aliphatic heterocycles. The molecule has 4 N–H and O–H groups in total. The van der Waals surface area contributed by atoms with Gasteiger partial charge in [0.15, 0.2) is 0 Å². The molecule has 162 valence electrons. The summed E-state index contributed by atoms with van der Waals surface area (Å²) in [6.07, 6.45) is 3.32. The number of nitriles is 1. The van der Waals surface area contributed by atoms with E-state index in [9.17, 15) is 9.90 Å². The first kappa shape index (κ1) is 19.9. The molecule has 0 spiro atoms. The highest BCUT2D eigenvalue weighted by molar-refractivity contribution is 5.99. The van der Waals surface area contributed by atoms with Crippen molar-refractivity contribution in [1.29, 1.82) is 5.26 Å². The lowest BCUT2D eigenvalue weighted by atomic mass is 9.80. The Kier molecular flexibility index (Phi) is 4.70. The van der Waals surface area contributed by atoms with E-state index in [1.807, 2.05) is 19.1 Å². The average Bonchev–Trinajstić information content (AvgIpc) is 2.75. The summed E-state index contributed by atoms with van der Waals surface area (Å²) in [4.78, 5) is 22.0. The van der Waals surface area contributed by atoms with Crippen molar-refractivity contribution in [2.45, 2.75) is 25.8 Å². The quantitative estimate of drug-likeness (QED) is 0.534. The SMILES string of the molecule is Cc1c(-c2cc(N)c3cnc(N(C(=O)O)C4CC(C#N)C4)cc3c2)cnc2c1NCCO2. The molecule has 0 unspecified atom stereocenters. The molecule has 2 aromatic heterocycles. The van der Waals surface area contributed by atoms with Crippen molar-refractivity contribution >= 4 is 34.1 Å². The van der Waals surface area contributed by atoms with Crippen molar-refractivity contribution in [1.82, 2.24) is 9.97 Å². The zero-order chi connectivity index (χ0) is 22.4. The summed E-state index contributed by atoms with van der Waals surface area (Å²) in [5.74, 6) is 0.811. The van der Waals surface area contributed by atoms with Gasteiger partial charge in [0.25, 0.3) is 0 Å². The first-order chi connectivity index (χ1) is 15.5. The van der Waals surface area contributed by atoms with Gasteiger partial charge in [0.1, 0.15) is 18.1 Å². The number of fused-ring (bicyclic) bond motifs is 2. The zero-order valence-corrected chi connectivity index (χ0v) is 17.5. The fraction of sp³-hybridized carbons (Fsp3) is 0.304. The third-order valence-electron chi connectivity index (χ3n) is 6.23. The van der Waals surface area contributed by atoms with Crippen LogP contribution in [-0.4, -0.2) is 40.4 Å². The van der Waals surface area contributed by atoms with E-state index >= 15 is 0 Å². The Balaban J connectivity index is 1.57. The summed E-state index contributed by atoms with van der Waals surface area (Å²) in [7, 11) is 0. The molecule has 0 atom stereocenters. The van der Waals surface area contributed by atoms with Gasteiger partial charge in [0.2, 0.25) is 5.88 Å². The van der Waals surface area contributed by atoms with Crippen LogP contribution in [0.2, 0.25) is 0 Å². The Morgan fingerprint density at radius 3 is 2.88 bits per heavy atom. The number of rotatable bonds is 3. The number of carbonyl (C=O) groups is 1. The summed E-state index contributed by atoms with van der Waals surface area (Å²) in [5, 5.41) is 23.7. The normalized spacial score (nSPS) is 19.1. The van der Waals surface area contributed by atoms with Crippen LogP contribution in [0.1, 0.15) is 18.4 Å². The summed E-state index contributed by atoms with van der Waals surface area (Å²) in [5.41, 5.74) is 10.6. The topological polar surface area (TPSA) is 137 Å². The van der Waals surface area contributed by atoms with Gasteiger partial charge in [-0.05, 0) is 54.5 Å². The Morgan fingerprint density at radius 1 is 1.31 bits per heavy atom. The molecule has 9 heteroatoms. The number of benzene rings is 1. The molecule has 32 heavy (non-hydrogen) atoms. The van der Waals surface area contributed by atoms with Gasteiger partial charge in [-0.1, -0.05) is 0 Å². The van der Waals surface area contributed by atoms with Gasteiger partial charge in [-0.2, -0.15) is 5.26 Å². The lowest BCUT2D eigenvalue weighted by molar-refractivity contribution is 0.189. The van der Waals surface area contributed by atoms with Crippen LogP contribution in [0.3, 0.4) is 0 Å². The fourth-order valence-electron chi connectivity index (χ4n) is 4.42. The summed E-state index contributed by atoms with van der Waals surface area (Å²) in [6, 6.07) is 7.53. The predicted molar refractivity (Wildman–Crippen MR) is 121 cm³/mol. The van der Waals surface area contributed by atoms with Gasteiger partial charge in [-0.3, -0.25) is 4.90 Å². The zero-order valence-electron chi connectivity index (χ0n) is 17.5. The number of nitrogen functional groups attached to an aromatic ring is 1. The van der Waals surface area contributed by atoms with Crippen molar-refractivity contribution in [3.05, 3.63) is 36.2 Å². The number of amides is 1. The average molecular weight is 430 g/mol.